The summed E-state index contributed by atoms with van der Waals surface area (Å²) in [4.78, 5) is 12.0. The van der Waals surface area contributed by atoms with Gasteiger partial charge in [0.05, 0.1) is 12.8 Å². The van der Waals surface area contributed by atoms with Gasteiger partial charge in [-0.25, -0.2) is 0 Å². The minimum Gasteiger partial charge on any atom is -0.495 e. The molecule has 2 rings (SSSR count). The Hall–Kier alpha value is -2.33. The van der Waals surface area contributed by atoms with Crippen LogP contribution in [0.25, 0.3) is 0 Å². The van der Waals surface area contributed by atoms with Gasteiger partial charge in [-0.15, -0.1) is 0 Å². The summed E-state index contributed by atoms with van der Waals surface area (Å²) >= 11 is 0. The molecule has 2 aromatic carbocycles. The van der Waals surface area contributed by atoms with Gasteiger partial charge in [0.15, 0.2) is 0 Å². The van der Waals surface area contributed by atoms with E-state index in [-0.39, 0.29) is 11.9 Å². The van der Waals surface area contributed by atoms with Crippen molar-refractivity contribution in [1.82, 2.24) is 5.32 Å². The van der Waals surface area contributed by atoms with Gasteiger partial charge in [-0.05, 0) is 24.6 Å². The lowest BCUT2D eigenvalue weighted by molar-refractivity contribution is -0.116. The zero-order valence-corrected chi connectivity index (χ0v) is 13.0. The van der Waals surface area contributed by atoms with Crippen molar-refractivity contribution in [3.05, 3.63) is 60.2 Å². The standard InChI is InChI=1S/C18H22N2O2/c1-14(15-8-4-3-5-9-15)19-13-12-18(21)20-16-10-6-7-11-17(16)22-2/h3-11,14,19H,12-13H2,1-2H3,(H,20,21). The first-order chi connectivity index (χ1) is 10.7. The molecule has 0 radical (unpaired) electrons. The highest BCUT2D eigenvalue weighted by atomic mass is 16.5. The third kappa shape index (κ3) is 4.60. The van der Waals surface area contributed by atoms with Gasteiger partial charge in [0, 0.05) is 19.0 Å². The summed E-state index contributed by atoms with van der Waals surface area (Å²) in [5.74, 6) is 0.638. The minimum absolute atomic E-state index is 0.0303. The summed E-state index contributed by atoms with van der Waals surface area (Å²) in [7, 11) is 1.59. The van der Waals surface area contributed by atoms with Crippen LogP contribution in [-0.4, -0.2) is 19.6 Å². The number of hydrogen-bond donors (Lipinski definition) is 2. The average Bonchev–Trinajstić information content (AvgIpc) is 2.56. The van der Waals surface area contributed by atoms with Crippen molar-refractivity contribution >= 4 is 11.6 Å². The van der Waals surface area contributed by atoms with E-state index >= 15 is 0 Å². The van der Waals surface area contributed by atoms with E-state index in [1.807, 2.05) is 42.5 Å². The van der Waals surface area contributed by atoms with Crippen LogP contribution >= 0.6 is 0 Å². The molecule has 2 N–H and O–H groups in total. The second kappa shape index (κ2) is 8.20. The molecule has 1 amide bonds. The lowest BCUT2D eigenvalue weighted by Crippen LogP contribution is -2.24. The quantitative estimate of drug-likeness (QED) is 0.824. The molecule has 1 atom stereocenters. The Morgan fingerprint density at radius 3 is 2.50 bits per heavy atom. The Morgan fingerprint density at radius 1 is 1.09 bits per heavy atom. The molecule has 0 aliphatic heterocycles. The zero-order valence-electron chi connectivity index (χ0n) is 13.0. The minimum atomic E-state index is -0.0303. The smallest absolute Gasteiger partial charge is 0.225 e. The summed E-state index contributed by atoms with van der Waals surface area (Å²) < 4.78 is 5.22. The van der Waals surface area contributed by atoms with E-state index in [0.717, 1.165) is 0 Å². The number of rotatable bonds is 7. The summed E-state index contributed by atoms with van der Waals surface area (Å²) in [6, 6.07) is 17.8. The van der Waals surface area contributed by atoms with Crippen molar-refractivity contribution in [2.75, 3.05) is 19.0 Å². The molecule has 0 saturated carbocycles. The number of carbonyl (C=O) groups is 1. The Bertz CT molecular complexity index is 599. The summed E-state index contributed by atoms with van der Waals surface area (Å²) in [5.41, 5.74) is 1.92. The molecule has 1 unspecified atom stereocenters. The van der Waals surface area contributed by atoms with E-state index in [2.05, 4.69) is 29.7 Å². The molecular formula is C18H22N2O2. The van der Waals surface area contributed by atoms with Crippen LogP contribution in [0, 0.1) is 0 Å². The van der Waals surface area contributed by atoms with E-state index in [1.54, 1.807) is 7.11 Å². The zero-order chi connectivity index (χ0) is 15.8. The second-order valence-corrected chi connectivity index (χ2v) is 5.08. The Morgan fingerprint density at radius 2 is 1.77 bits per heavy atom. The Kier molecular flexibility index (Phi) is 5.98. The van der Waals surface area contributed by atoms with Crippen LogP contribution in [-0.2, 0) is 4.79 Å². The number of nitrogens with one attached hydrogen (secondary N) is 2. The molecule has 0 saturated heterocycles. The van der Waals surface area contributed by atoms with E-state index in [0.29, 0.717) is 24.4 Å². The van der Waals surface area contributed by atoms with Crippen molar-refractivity contribution in [2.24, 2.45) is 0 Å². The van der Waals surface area contributed by atoms with Crippen molar-refractivity contribution in [3.8, 4) is 5.75 Å². The van der Waals surface area contributed by atoms with Gasteiger partial charge < -0.3 is 15.4 Å². The molecule has 0 aromatic heterocycles. The molecule has 0 heterocycles. The molecule has 22 heavy (non-hydrogen) atoms. The molecule has 0 fully saturated rings. The number of amides is 1. The number of para-hydroxylation sites is 2. The highest BCUT2D eigenvalue weighted by Gasteiger charge is 2.08. The molecule has 2 aromatic rings. The van der Waals surface area contributed by atoms with Gasteiger partial charge in [0.1, 0.15) is 5.75 Å². The number of ether oxygens (including phenoxy) is 1. The molecule has 0 aliphatic rings. The number of anilines is 1. The van der Waals surface area contributed by atoms with Crippen LogP contribution in [0.3, 0.4) is 0 Å². The van der Waals surface area contributed by atoms with Gasteiger partial charge in [-0.3, -0.25) is 4.79 Å². The maximum atomic E-state index is 12.0. The molecule has 0 spiro atoms. The predicted octanol–water partition coefficient (Wildman–Crippen LogP) is 3.37. The van der Waals surface area contributed by atoms with Crippen molar-refractivity contribution in [3.63, 3.8) is 0 Å². The topological polar surface area (TPSA) is 50.4 Å². The molecule has 0 bridgehead atoms. The number of hydrogen-bond acceptors (Lipinski definition) is 3. The molecule has 116 valence electrons. The van der Waals surface area contributed by atoms with Crippen LogP contribution in [0.2, 0.25) is 0 Å². The fourth-order valence-electron chi connectivity index (χ4n) is 2.22. The van der Waals surface area contributed by atoms with Crippen molar-refractivity contribution in [1.29, 1.82) is 0 Å². The van der Waals surface area contributed by atoms with Gasteiger partial charge >= 0.3 is 0 Å². The van der Waals surface area contributed by atoms with E-state index in [9.17, 15) is 4.79 Å². The normalized spacial score (nSPS) is 11.7. The summed E-state index contributed by atoms with van der Waals surface area (Å²) in [6.07, 6.45) is 0.412. The van der Waals surface area contributed by atoms with E-state index in [4.69, 9.17) is 4.74 Å². The maximum Gasteiger partial charge on any atom is 0.225 e. The maximum absolute atomic E-state index is 12.0. The highest BCUT2D eigenvalue weighted by molar-refractivity contribution is 5.92. The summed E-state index contributed by atoms with van der Waals surface area (Å²) in [6.45, 7) is 2.71. The van der Waals surface area contributed by atoms with Gasteiger partial charge in [-0.2, -0.15) is 0 Å². The Balaban J connectivity index is 1.78. The van der Waals surface area contributed by atoms with E-state index in [1.165, 1.54) is 5.56 Å². The van der Waals surface area contributed by atoms with Crippen LogP contribution < -0.4 is 15.4 Å². The second-order valence-electron chi connectivity index (χ2n) is 5.08. The molecule has 4 heteroatoms. The molecular weight excluding hydrogens is 276 g/mol. The fraction of sp³-hybridized carbons (Fsp3) is 0.278. The largest absolute Gasteiger partial charge is 0.495 e. The fourth-order valence-corrected chi connectivity index (χ4v) is 2.22. The lowest BCUT2D eigenvalue weighted by Gasteiger charge is -2.14. The molecule has 4 nitrogen and oxygen atoms in total. The van der Waals surface area contributed by atoms with E-state index < -0.39 is 0 Å². The predicted molar refractivity (Wildman–Crippen MR) is 89.1 cm³/mol. The van der Waals surface area contributed by atoms with Gasteiger partial charge in [-0.1, -0.05) is 42.5 Å². The first-order valence-electron chi connectivity index (χ1n) is 7.42. The number of methoxy groups -OCH3 is 1. The van der Waals surface area contributed by atoms with Crippen molar-refractivity contribution in [2.45, 2.75) is 19.4 Å². The molecule has 0 aliphatic carbocycles. The number of benzene rings is 2. The van der Waals surface area contributed by atoms with Crippen LogP contribution in [0.5, 0.6) is 5.75 Å². The highest BCUT2D eigenvalue weighted by Crippen LogP contribution is 2.23. The third-order valence-electron chi connectivity index (χ3n) is 3.48. The lowest BCUT2D eigenvalue weighted by atomic mass is 10.1. The van der Waals surface area contributed by atoms with Crippen LogP contribution in [0.15, 0.2) is 54.6 Å². The monoisotopic (exact) mass is 298 g/mol. The summed E-state index contributed by atoms with van der Waals surface area (Å²) in [5, 5.41) is 6.22. The SMILES string of the molecule is COc1ccccc1NC(=O)CCNC(C)c1ccccc1. The van der Waals surface area contributed by atoms with Crippen LogP contribution in [0.4, 0.5) is 5.69 Å². The van der Waals surface area contributed by atoms with Crippen LogP contribution in [0.1, 0.15) is 24.9 Å². The average molecular weight is 298 g/mol. The third-order valence-corrected chi connectivity index (χ3v) is 3.48. The van der Waals surface area contributed by atoms with Gasteiger partial charge in [0.2, 0.25) is 5.91 Å². The first-order valence-corrected chi connectivity index (χ1v) is 7.42. The first kappa shape index (κ1) is 16.0. The van der Waals surface area contributed by atoms with Crippen molar-refractivity contribution < 1.29 is 9.53 Å². The number of carbonyl (C=O) groups excluding carboxylic acids is 1. The Labute approximate surface area is 131 Å². The van der Waals surface area contributed by atoms with Gasteiger partial charge in [0.25, 0.3) is 0 Å².